The molecule has 0 saturated carbocycles. The third kappa shape index (κ3) is 6.70. The average Bonchev–Trinajstić information content (AvgIpc) is 2.59. The summed E-state index contributed by atoms with van der Waals surface area (Å²) in [6.07, 6.45) is 4.22. The van der Waals surface area contributed by atoms with E-state index in [1.54, 1.807) is 0 Å². The number of anilines is 2. The van der Waals surface area contributed by atoms with Crippen LogP contribution in [0.25, 0.3) is 0 Å². The summed E-state index contributed by atoms with van der Waals surface area (Å²) in [6.45, 7) is 2.50. The lowest BCUT2D eigenvalue weighted by Crippen LogP contribution is -2.21. The number of benzene rings is 2. The van der Waals surface area contributed by atoms with Crippen LogP contribution in [0.2, 0.25) is 0 Å². The molecule has 3 rings (SSSR count). The van der Waals surface area contributed by atoms with Crippen LogP contribution in [0.5, 0.6) is 0 Å². The van der Waals surface area contributed by atoms with E-state index < -0.39 is 0 Å². The first-order valence-electron chi connectivity index (χ1n) is 7.73. The molecule has 0 bridgehead atoms. The van der Waals surface area contributed by atoms with Gasteiger partial charge in [0.05, 0.1) is 0 Å². The van der Waals surface area contributed by atoms with Crippen LogP contribution < -0.4 is 16.0 Å². The van der Waals surface area contributed by atoms with Crippen LogP contribution in [0.15, 0.2) is 60.7 Å². The van der Waals surface area contributed by atoms with Gasteiger partial charge in [-0.25, -0.2) is 0 Å². The summed E-state index contributed by atoms with van der Waals surface area (Å²) in [6, 6.07) is 19.7. The molecular weight excluding hydrogens is 290 g/mol. The van der Waals surface area contributed by atoms with Gasteiger partial charge in [-0.3, -0.25) is 0 Å². The highest BCUT2D eigenvalue weighted by Crippen LogP contribution is 2.08. The van der Waals surface area contributed by atoms with Crippen molar-refractivity contribution in [2.45, 2.75) is 19.3 Å². The van der Waals surface area contributed by atoms with Crippen molar-refractivity contribution in [1.29, 1.82) is 0 Å². The average molecular weight is 313 g/mol. The molecule has 1 fully saturated rings. The van der Waals surface area contributed by atoms with Gasteiger partial charge in [0.2, 0.25) is 0 Å². The molecule has 4 heteroatoms. The minimum atomic E-state index is 0.595. The third-order valence-electron chi connectivity index (χ3n) is 3.27. The van der Waals surface area contributed by atoms with Gasteiger partial charge in [0, 0.05) is 11.4 Å². The Kier molecular flexibility index (Phi) is 7.43. The minimum Gasteiger partial charge on any atom is -0.332 e. The van der Waals surface area contributed by atoms with Gasteiger partial charge in [0.1, 0.15) is 0 Å². The molecule has 1 heterocycles. The number of piperidine rings is 1. The van der Waals surface area contributed by atoms with E-state index in [0.29, 0.717) is 5.11 Å². The van der Waals surface area contributed by atoms with Gasteiger partial charge < -0.3 is 16.0 Å². The summed E-state index contributed by atoms with van der Waals surface area (Å²) < 4.78 is 0. The SMILES string of the molecule is C1CCNCC1.S=C(Nc1ccccc1)Nc1ccccc1. The van der Waals surface area contributed by atoms with E-state index in [2.05, 4.69) is 16.0 Å². The molecule has 3 nitrogen and oxygen atoms in total. The normalized spacial score (nSPS) is 13.5. The van der Waals surface area contributed by atoms with Crippen molar-refractivity contribution in [1.82, 2.24) is 5.32 Å². The lowest BCUT2D eigenvalue weighted by Gasteiger charge is -2.09. The molecule has 0 amide bonds. The minimum absolute atomic E-state index is 0.595. The maximum Gasteiger partial charge on any atom is 0.175 e. The standard InChI is InChI=1S/C13H12N2S.C5H11N/c16-13(14-11-7-3-1-4-8-11)15-12-9-5-2-6-10-12;1-2-4-6-5-3-1/h1-10H,(H2,14,15,16);6H,1-5H2. The molecule has 0 aromatic heterocycles. The summed E-state index contributed by atoms with van der Waals surface area (Å²) in [5.74, 6) is 0. The molecule has 1 saturated heterocycles. The first-order chi connectivity index (χ1) is 10.8. The van der Waals surface area contributed by atoms with Gasteiger partial charge in [-0.15, -0.1) is 0 Å². The molecule has 0 spiro atoms. The summed E-state index contributed by atoms with van der Waals surface area (Å²) >= 11 is 5.20. The molecular formula is C18H23N3S. The number of para-hydroxylation sites is 2. The fraction of sp³-hybridized carbons (Fsp3) is 0.278. The van der Waals surface area contributed by atoms with Crippen molar-refractivity contribution in [3.8, 4) is 0 Å². The summed E-state index contributed by atoms with van der Waals surface area (Å²) in [5, 5.41) is 10.1. The van der Waals surface area contributed by atoms with E-state index in [0.717, 1.165) is 11.4 Å². The van der Waals surface area contributed by atoms with Crippen LogP contribution in [-0.2, 0) is 0 Å². The zero-order chi connectivity index (χ0) is 15.5. The summed E-state index contributed by atoms with van der Waals surface area (Å²) in [4.78, 5) is 0. The van der Waals surface area contributed by atoms with Crippen LogP contribution in [0, 0.1) is 0 Å². The second-order valence-corrected chi connectivity index (χ2v) is 5.53. The van der Waals surface area contributed by atoms with Crippen LogP contribution >= 0.6 is 12.2 Å². The van der Waals surface area contributed by atoms with Crippen molar-refractivity contribution in [2.24, 2.45) is 0 Å². The van der Waals surface area contributed by atoms with Gasteiger partial charge in [-0.1, -0.05) is 42.8 Å². The van der Waals surface area contributed by atoms with Crippen molar-refractivity contribution >= 4 is 28.7 Å². The van der Waals surface area contributed by atoms with Gasteiger partial charge in [-0.05, 0) is 62.4 Å². The first kappa shape index (κ1) is 16.5. The van der Waals surface area contributed by atoms with Crippen LogP contribution in [0.4, 0.5) is 11.4 Å². The highest BCUT2D eigenvalue weighted by atomic mass is 32.1. The van der Waals surface area contributed by atoms with E-state index in [1.807, 2.05) is 60.7 Å². The Morgan fingerprint density at radius 1 is 0.727 bits per heavy atom. The molecule has 0 unspecified atom stereocenters. The number of hydrogen-bond donors (Lipinski definition) is 3. The molecule has 1 aliphatic rings. The number of rotatable bonds is 2. The molecule has 0 radical (unpaired) electrons. The van der Waals surface area contributed by atoms with Gasteiger partial charge in [-0.2, -0.15) is 0 Å². The van der Waals surface area contributed by atoms with E-state index in [1.165, 1.54) is 32.4 Å². The molecule has 3 N–H and O–H groups in total. The zero-order valence-corrected chi connectivity index (χ0v) is 13.5. The summed E-state index contributed by atoms with van der Waals surface area (Å²) in [7, 11) is 0. The Bertz CT molecular complexity index is 484. The lowest BCUT2D eigenvalue weighted by atomic mass is 10.2. The highest BCUT2D eigenvalue weighted by molar-refractivity contribution is 7.80. The van der Waals surface area contributed by atoms with Crippen LogP contribution in [-0.4, -0.2) is 18.2 Å². The maximum atomic E-state index is 5.20. The predicted molar refractivity (Wildman–Crippen MR) is 99.4 cm³/mol. The quantitative estimate of drug-likeness (QED) is 0.724. The molecule has 22 heavy (non-hydrogen) atoms. The lowest BCUT2D eigenvalue weighted by molar-refractivity contribution is 0.520. The monoisotopic (exact) mass is 313 g/mol. The largest absolute Gasteiger partial charge is 0.332 e. The second kappa shape index (κ2) is 9.92. The fourth-order valence-corrected chi connectivity index (χ4v) is 2.37. The Balaban J connectivity index is 0.000000246. The zero-order valence-electron chi connectivity index (χ0n) is 12.7. The second-order valence-electron chi connectivity index (χ2n) is 5.12. The smallest absolute Gasteiger partial charge is 0.175 e. The molecule has 2 aromatic rings. The molecule has 2 aromatic carbocycles. The van der Waals surface area contributed by atoms with Gasteiger partial charge in [0.15, 0.2) is 5.11 Å². The third-order valence-corrected chi connectivity index (χ3v) is 3.47. The van der Waals surface area contributed by atoms with E-state index in [4.69, 9.17) is 12.2 Å². The Morgan fingerprint density at radius 2 is 1.18 bits per heavy atom. The van der Waals surface area contributed by atoms with Gasteiger partial charge in [0.25, 0.3) is 0 Å². The Labute approximate surface area is 138 Å². The van der Waals surface area contributed by atoms with Crippen molar-refractivity contribution < 1.29 is 0 Å². The van der Waals surface area contributed by atoms with E-state index >= 15 is 0 Å². The van der Waals surface area contributed by atoms with Crippen LogP contribution in [0.1, 0.15) is 19.3 Å². The molecule has 116 valence electrons. The fourth-order valence-electron chi connectivity index (χ4n) is 2.14. The van der Waals surface area contributed by atoms with E-state index in [-0.39, 0.29) is 0 Å². The van der Waals surface area contributed by atoms with Crippen molar-refractivity contribution in [3.63, 3.8) is 0 Å². The Morgan fingerprint density at radius 3 is 1.50 bits per heavy atom. The number of nitrogens with one attached hydrogen (secondary N) is 3. The summed E-state index contributed by atoms with van der Waals surface area (Å²) in [5.41, 5.74) is 1.96. The van der Waals surface area contributed by atoms with Crippen molar-refractivity contribution in [3.05, 3.63) is 60.7 Å². The number of thiocarbonyl (C=S) groups is 1. The highest BCUT2D eigenvalue weighted by Gasteiger charge is 1.96. The topological polar surface area (TPSA) is 36.1 Å². The molecule has 0 atom stereocenters. The number of hydrogen-bond acceptors (Lipinski definition) is 2. The van der Waals surface area contributed by atoms with Crippen molar-refractivity contribution in [2.75, 3.05) is 23.7 Å². The predicted octanol–water partition coefficient (Wildman–Crippen LogP) is 4.26. The van der Waals surface area contributed by atoms with Gasteiger partial charge >= 0.3 is 0 Å². The van der Waals surface area contributed by atoms with Crippen LogP contribution in [0.3, 0.4) is 0 Å². The Hall–Kier alpha value is -1.91. The molecule has 1 aliphatic heterocycles. The maximum absolute atomic E-state index is 5.20. The first-order valence-corrected chi connectivity index (χ1v) is 8.14. The molecule has 0 aliphatic carbocycles. The van der Waals surface area contributed by atoms with E-state index in [9.17, 15) is 0 Å².